The number of anilines is 1. The van der Waals surface area contributed by atoms with E-state index in [1.165, 1.54) is 7.11 Å². The predicted molar refractivity (Wildman–Crippen MR) is 83.4 cm³/mol. The Balaban J connectivity index is 2.98. The van der Waals surface area contributed by atoms with Crippen LogP contribution in [0.2, 0.25) is 0 Å². The summed E-state index contributed by atoms with van der Waals surface area (Å²) in [6.45, 7) is 7.17. The summed E-state index contributed by atoms with van der Waals surface area (Å²) in [5.74, 6) is 0.145. The summed E-state index contributed by atoms with van der Waals surface area (Å²) < 4.78 is 15.7. The highest BCUT2D eigenvalue weighted by Crippen LogP contribution is 2.35. The Labute approximate surface area is 130 Å². The van der Waals surface area contributed by atoms with E-state index in [0.29, 0.717) is 17.9 Å². The SMILES string of the molecule is CCCC(=O)Oc1c(NC(=O)OC(C)(C)C)cccc1OC. The Morgan fingerprint density at radius 3 is 2.45 bits per heavy atom. The van der Waals surface area contributed by atoms with Crippen LogP contribution in [0.3, 0.4) is 0 Å². The molecule has 0 aromatic heterocycles. The van der Waals surface area contributed by atoms with Gasteiger partial charge in [-0.3, -0.25) is 10.1 Å². The van der Waals surface area contributed by atoms with Crippen LogP contribution < -0.4 is 14.8 Å². The molecule has 22 heavy (non-hydrogen) atoms. The van der Waals surface area contributed by atoms with Crippen molar-refractivity contribution < 1.29 is 23.8 Å². The second-order valence-electron chi connectivity index (χ2n) is 5.69. The molecule has 0 bridgehead atoms. The zero-order chi connectivity index (χ0) is 16.8. The number of carbonyl (C=O) groups is 2. The molecule has 0 aliphatic carbocycles. The first-order valence-electron chi connectivity index (χ1n) is 7.14. The molecule has 1 aromatic carbocycles. The number of nitrogens with one attached hydrogen (secondary N) is 1. The second kappa shape index (κ2) is 7.68. The normalized spacial score (nSPS) is 10.8. The number of hydrogen-bond acceptors (Lipinski definition) is 5. The Kier molecular flexibility index (Phi) is 6.22. The predicted octanol–water partition coefficient (Wildman–Crippen LogP) is 3.75. The van der Waals surface area contributed by atoms with Crippen LogP contribution in [-0.2, 0) is 9.53 Å². The maximum atomic E-state index is 11.9. The smallest absolute Gasteiger partial charge is 0.412 e. The monoisotopic (exact) mass is 309 g/mol. The van der Waals surface area contributed by atoms with Crippen molar-refractivity contribution in [2.45, 2.75) is 46.1 Å². The molecule has 6 heteroatoms. The van der Waals surface area contributed by atoms with E-state index in [-0.39, 0.29) is 18.1 Å². The zero-order valence-electron chi connectivity index (χ0n) is 13.7. The van der Waals surface area contributed by atoms with Gasteiger partial charge in [0.15, 0.2) is 11.5 Å². The first-order chi connectivity index (χ1) is 10.3. The van der Waals surface area contributed by atoms with Gasteiger partial charge in [-0.2, -0.15) is 0 Å². The van der Waals surface area contributed by atoms with Crippen molar-refractivity contribution in [2.75, 3.05) is 12.4 Å². The van der Waals surface area contributed by atoms with Crippen LogP contribution in [-0.4, -0.2) is 24.8 Å². The van der Waals surface area contributed by atoms with Crippen LogP contribution >= 0.6 is 0 Å². The van der Waals surface area contributed by atoms with E-state index in [2.05, 4.69) is 5.32 Å². The third-order valence-corrected chi connectivity index (χ3v) is 2.50. The number of esters is 1. The van der Waals surface area contributed by atoms with Gasteiger partial charge in [0.05, 0.1) is 12.8 Å². The van der Waals surface area contributed by atoms with E-state index in [1.54, 1.807) is 39.0 Å². The van der Waals surface area contributed by atoms with Gasteiger partial charge in [-0.25, -0.2) is 4.79 Å². The van der Waals surface area contributed by atoms with Gasteiger partial charge in [0.25, 0.3) is 0 Å². The van der Waals surface area contributed by atoms with Crippen molar-refractivity contribution in [3.8, 4) is 11.5 Å². The third kappa shape index (κ3) is 5.63. The molecule has 0 atom stereocenters. The maximum Gasteiger partial charge on any atom is 0.412 e. The van der Waals surface area contributed by atoms with Crippen LogP contribution in [0.4, 0.5) is 10.5 Å². The van der Waals surface area contributed by atoms with E-state index in [9.17, 15) is 9.59 Å². The van der Waals surface area contributed by atoms with E-state index >= 15 is 0 Å². The van der Waals surface area contributed by atoms with Gasteiger partial charge >= 0.3 is 12.1 Å². The number of amides is 1. The van der Waals surface area contributed by atoms with Crippen LogP contribution in [0.1, 0.15) is 40.5 Å². The topological polar surface area (TPSA) is 73.9 Å². The van der Waals surface area contributed by atoms with E-state index in [1.807, 2.05) is 6.92 Å². The average Bonchev–Trinajstić information content (AvgIpc) is 2.38. The summed E-state index contributed by atoms with van der Waals surface area (Å²) in [5.41, 5.74) is -0.305. The molecule has 6 nitrogen and oxygen atoms in total. The maximum absolute atomic E-state index is 11.9. The van der Waals surface area contributed by atoms with Crippen LogP contribution in [0.15, 0.2) is 18.2 Å². The van der Waals surface area contributed by atoms with Gasteiger partial charge < -0.3 is 14.2 Å². The van der Waals surface area contributed by atoms with E-state index in [4.69, 9.17) is 14.2 Å². The lowest BCUT2D eigenvalue weighted by Gasteiger charge is -2.20. The summed E-state index contributed by atoms with van der Waals surface area (Å²) in [6.07, 6.45) is 0.320. The molecule has 1 amide bonds. The standard InChI is InChI=1S/C16H23NO5/c1-6-8-13(18)21-14-11(9-7-10-12(14)20-5)17-15(19)22-16(2,3)4/h7,9-10H,6,8H2,1-5H3,(H,17,19). The molecule has 1 N–H and O–H groups in total. The summed E-state index contributed by atoms with van der Waals surface area (Å²) in [5, 5.41) is 2.57. The molecule has 0 radical (unpaired) electrons. The zero-order valence-corrected chi connectivity index (χ0v) is 13.7. The average molecular weight is 309 g/mol. The van der Waals surface area contributed by atoms with Gasteiger partial charge in [0, 0.05) is 6.42 Å². The molecule has 0 unspecified atom stereocenters. The summed E-state index contributed by atoms with van der Waals surface area (Å²) in [6, 6.07) is 4.94. The third-order valence-electron chi connectivity index (χ3n) is 2.50. The molecule has 0 fully saturated rings. The first kappa shape index (κ1) is 17.8. The summed E-state index contributed by atoms with van der Waals surface area (Å²) in [7, 11) is 1.46. The van der Waals surface area contributed by atoms with Gasteiger partial charge in [0.1, 0.15) is 5.60 Å². The Morgan fingerprint density at radius 1 is 1.23 bits per heavy atom. The van der Waals surface area contributed by atoms with E-state index < -0.39 is 11.7 Å². The largest absolute Gasteiger partial charge is 0.493 e. The minimum absolute atomic E-state index is 0.175. The van der Waals surface area contributed by atoms with E-state index in [0.717, 1.165) is 0 Å². The number of rotatable bonds is 5. The number of para-hydroxylation sites is 1. The highest BCUT2D eigenvalue weighted by atomic mass is 16.6. The van der Waals surface area contributed by atoms with Crippen molar-refractivity contribution in [3.63, 3.8) is 0 Å². The fourth-order valence-corrected chi connectivity index (χ4v) is 1.66. The second-order valence-corrected chi connectivity index (χ2v) is 5.69. The first-order valence-corrected chi connectivity index (χ1v) is 7.14. The Bertz CT molecular complexity index is 534. The quantitative estimate of drug-likeness (QED) is 0.662. The molecule has 122 valence electrons. The fourth-order valence-electron chi connectivity index (χ4n) is 1.66. The molecule has 0 heterocycles. The van der Waals surface area contributed by atoms with Crippen LogP contribution in [0, 0.1) is 0 Å². The Morgan fingerprint density at radius 2 is 1.91 bits per heavy atom. The van der Waals surface area contributed by atoms with Crippen molar-refractivity contribution in [3.05, 3.63) is 18.2 Å². The summed E-state index contributed by atoms with van der Waals surface area (Å²) in [4.78, 5) is 23.6. The van der Waals surface area contributed by atoms with Crippen molar-refractivity contribution >= 4 is 17.7 Å². The van der Waals surface area contributed by atoms with Crippen molar-refractivity contribution in [1.82, 2.24) is 0 Å². The van der Waals surface area contributed by atoms with Gasteiger partial charge in [-0.15, -0.1) is 0 Å². The van der Waals surface area contributed by atoms with Gasteiger partial charge in [-0.1, -0.05) is 13.0 Å². The van der Waals surface area contributed by atoms with Gasteiger partial charge in [-0.05, 0) is 39.3 Å². The van der Waals surface area contributed by atoms with Crippen LogP contribution in [0.5, 0.6) is 11.5 Å². The minimum atomic E-state index is -0.631. The lowest BCUT2D eigenvalue weighted by molar-refractivity contribution is -0.134. The molecular formula is C16H23NO5. The summed E-state index contributed by atoms with van der Waals surface area (Å²) >= 11 is 0. The highest BCUT2D eigenvalue weighted by Gasteiger charge is 2.20. The number of benzene rings is 1. The lowest BCUT2D eigenvalue weighted by atomic mass is 10.2. The molecule has 1 rings (SSSR count). The minimum Gasteiger partial charge on any atom is -0.493 e. The highest BCUT2D eigenvalue weighted by molar-refractivity contribution is 5.89. The lowest BCUT2D eigenvalue weighted by Crippen LogP contribution is -2.27. The molecule has 0 aliphatic heterocycles. The van der Waals surface area contributed by atoms with Crippen LogP contribution in [0.25, 0.3) is 0 Å². The molecular weight excluding hydrogens is 286 g/mol. The molecule has 0 saturated heterocycles. The molecule has 0 saturated carbocycles. The number of carbonyl (C=O) groups excluding carboxylic acids is 2. The van der Waals surface area contributed by atoms with Gasteiger partial charge in [0.2, 0.25) is 0 Å². The van der Waals surface area contributed by atoms with Crippen molar-refractivity contribution in [1.29, 1.82) is 0 Å². The molecule has 1 aromatic rings. The number of methoxy groups -OCH3 is 1. The number of ether oxygens (including phenoxy) is 3. The van der Waals surface area contributed by atoms with Crippen molar-refractivity contribution in [2.24, 2.45) is 0 Å². The number of hydrogen-bond donors (Lipinski definition) is 1. The fraction of sp³-hybridized carbons (Fsp3) is 0.500. The Hall–Kier alpha value is -2.24. The molecule has 0 spiro atoms. The molecule has 0 aliphatic rings.